The smallest absolute Gasteiger partial charge is 0.0537 e. The zero-order valence-corrected chi connectivity index (χ0v) is 11.8. The fourth-order valence-corrected chi connectivity index (χ4v) is 2.09. The zero-order valence-electron chi connectivity index (χ0n) is 11.8. The van der Waals surface area contributed by atoms with Crippen LogP contribution in [0.1, 0.15) is 79.1 Å². The first-order valence-corrected chi connectivity index (χ1v) is 7.26. The molecular formula is C15H32O. The van der Waals surface area contributed by atoms with E-state index in [0.717, 1.165) is 5.92 Å². The molecule has 0 radical (unpaired) electrons. The Labute approximate surface area is 103 Å². The largest absolute Gasteiger partial charge is 0.393 e. The predicted molar refractivity (Wildman–Crippen MR) is 72.6 cm³/mol. The first kappa shape index (κ1) is 16.0. The minimum Gasteiger partial charge on any atom is -0.393 e. The van der Waals surface area contributed by atoms with Crippen molar-refractivity contribution in [2.24, 2.45) is 11.8 Å². The van der Waals surface area contributed by atoms with Gasteiger partial charge in [-0.15, -0.1) is 0 Å². The Bertz CT molecular complexity index is 142. The molecule has 0 rings (SSSR count). The molecule has 0 aromatic rings. The normalized spacial score (nSPS) is 17.1. The van der Waals surface area contributed by atoms with Crippen molar-refractivity contribution in [3.63, 3.8) is 0 Å². The van der Waals surface area contributed by atoms with Crippen LogP contribution in [0, 0.1) is 11.8 Å². The van der Waals surface area contributed by atoms with Gasteiger partial charge < -0.3 is 5.11 Å². The van der Waals surface area contributed by atoms with Crippen LogP contribution in [0.5, 0.6) is 0 Å². The van der Waals surface area contributed by atoms with Crippen LogP contribution in [0.2, 0.25) is 0 Å². The van der Waals surface area contributed by atoms with Gasteiger partial charge in [0.1, 0.15) is 0 Å². The Balaban J connectivity index is 3.33. The first-order chi connectivity index (χ1) is 7.57. The van der Waals surface area contributed by atoms with E-state index in [2.05, 4.69) is 20.8 Å². The predicted octanol–water partition coefficient (Wildman–Crippen LogP) is 4.78. The second kappa shape index (κ2) is 10.1. The molecule has 0 aliphatic heterocycles. The van der Waals surface area contributed by atoms with Crippen LogP contribution in [-0.4, -0.2) is 11.2 Å². The number of unbranched alkanes of at least 4 members (excludes halogenated alkanes) is 3. The Hall–Kier alpha value is -0.0400. The van der Waals surface area contributed by atoms with Crippen LogP contribution >= 0.6 is 0 Å². The van der Waals surface area contributed by atoms with E-state index in [9.17, 15) is 5.11 Å². The molecule has 0 saturated carbocycles. The van der Waals surface area contributed by atoms with E-state index >= 15 is 0 Å². The van der Waals surface area contributed by atoms with Crippen molar-refractivity contribution >= 4 is 0 Å². The number of hydrogen-bond donors (Lipinski definition) is 1. The number of hydrogen-bond acceptors (Lipinski definition) is 1. The topological polar surface area (TPSA) is 20.2 Å². The lowest BCUT2D eigenvalue weighted by atomic mass is 9.93. The monoisotopic (exact) mass is 228 g/mol. The van der Waals surface area contributed by atoms with Gasteiger partial charge in [-0.2, -0.15) is 0 Å². The average molecular weight is 228 g/mol. The highest BCUT2D eigenvalue weighted by atomic mass is 16.3. The maximum absolute atomic E-state index is 9.39. The molecule has 0 heterocycles. The van der Waals surface area contributed by atoms with Crippen molar-refractivity contribution in [1.82, 2.24) is 0 Å². The molecule has 0 aliphatic rings. The lowest BCUT2D eigenvalue weighted by Crippen LogP contribution is -2.13. The second-order valence-corrected chi connectivity index (χ2v) is 5.60. The van der Waals surface area contributed by atoms with Crippen LogP contribution in [0.3, 0.4) is 0 Å². The molecule has 0 aliphatic carbocycles. The van der Waals surface area contributed by atoms with Gasteiger partial charge in [-0.1, -0.05) is 65.7 Å². The summed E-state index contributed by atoms with van der Waals surface area (Å²) >= 11 is 0. The summed E-state index contributed by atoms with van der Waals surface area (Å²) in [5.74, 6) is 1.34. The molecule has 0 aromatic carbocycles. The van der Waals surface area contributed by atoms with E-state index in [0.29, 0.717) is 5.92 Å². The molecule has 1 N–H and O–H groups in total. The SMILES string of the molecule is CCCCCC[C@H](C)CCC[C@@H](C)[C@H](C)O. The van der Waals surface area contributed by atoms with Gasteiger partial charge in [0.2, 0.25) is 0 Å². The highest BCUT2D eigenvalue weighted by molar-refractivity contribution is 4.61. The van der Waals surface area contributed by atoms with Gasteiger partial charge in [-0.3, -0.25) is 0 Å². The molecule has 0 unspecified atom stereocenters. The fourth-order valence-electron chi connectivity index (χ4n) is 2.09. The van der Waals surface area contributed by atoms with E-state index in [-0.39, 0.29) is 6.10 Å². The van der Waals surface area contributed by atoms with Crippen LogP contribution < -0.4 is 0 Å². The molecule has 0 bridgehead atoms. The molecule has 1 heteroatoms. The molecule has 98 valence electrons. The third-order valence-corrected chi connectivity index (χ3v) is 3.73. The van der Waals surface area contributed by atoms with Crippen LogP contribution in [0.25, 0.3) is 0 Å². The highest BCUT2D eigenvalue weighted by Crippen LogP contribution is 2.19. The van der Waals surface area contributed by atoms with Crippen LogP contribution in [0.15, 0.2) is 0 Å². The van der Waals surface area contributed by atoms with Crippen molar-refractivity contribution in [3.8, 4) is 0 Å². The summed E-state index contributed by atoms with van der Waals surface area (Å²) in [5.41, 5.74) is 0. The Morgan fingerprint density at radius 1 is 0.812 bits per heavy atom. The van der Waals surface area contributed by atoms with Gasteiger partial charge in [0.15, 0.2) is 0 Å². The van der Waals surface area contributed by atoms with Crippen molar-refractivity contribution in [2.45, 2.75) is 85.2 Å². The van der Waals surface area contributed by atoms with E-state index in [1.165, 1.54) is 51.4 Å². The molecule has 16 heavy (non-hydrogen) atoms. The lowest BCUT2D eigenvalue weighted by molar-refractivity contribution is 0.127. The average Bonchev–Trinajstić information content (AvgIpc) is 2.24. The number of aliphatic hydroxyl groups excluding tert-OH is 1. The van der Waals surface area contributed by atoms with Crippen molar-refractivity contribution < 1.29 is 5.11 Å². The maximum Gasteiger partial charge on any atom is 0.0537 e. The van der Waals surface area contributed by atoms with E-state index < -0.39 is 0 Å². The summed E-state index contributed by atoms with van der Waals surface area (Å²) in [6, 6.07) is 0. The lowest BCUT2D eigenvalue weighted by Gasteiger charge is -2.16. The minimum atomic E-state index is -0.139. The fraction of sp³-hybridized carbons (Fsp3) is 1.00. The van der Waals surface area contributed by atoms with Crippen molar-refractivity contribution in [2.75, 3.05) is 0 Å². The Morgan fingerprint density at radius 3 is 2.00 bits per heavy atom. The molecule has 0 fully saturated rings. The summed E-state index contributed by atoms with van der Waals surface area (Å²) in [4.78, 5) is 0. The molecular weight excluding hydrogens is 196 g/mol. The first-order valence-electron chi connectivity index (χ1n) is 7.26. The Morgan fingerprint density at radius 2 is 1.44 bits per heavy atom. The summed E-state index contributed by atoms with van der Waals surface area (Å²) in [6.07, 6.45) is 10.6. The number of rotatable bonds is 10. The van der Waals surface area contributed by atoms with E-state index in [4.69, 9.17) is 0 Å². The van der Waals surface area contributed by atoms with Gasteiger partial charge in [0.05, 0.1) is 6.10 Å². The molecule has 0 saturated heterocycles. The summed E-state index contributed by atoms with van der Waals surface area (Å²) in [5, 5.41) is 9.39. The maximum atomic E-state index is 9.39. The Kier molecular flexibility index (Phi) is 10.1. The van der Waals surface area contributed by atoms with Crippen molar-refractivity contribution in [3.05, 3.63) is 0 Å². The molecule has 0 aromatic heterocycles. The van der Waals surface area contributed by atoms with Gasteiger partial charge in [0.25, 0.3) is 0 Å². The minimum absolute atomic E-state index is 0.139. The molecule has 3 atom stereocenters. The third kappa shape index (κ3) is 9.21. The second-order valence-electron chi connectivity index (χ2n) is 5.60. The van der Waals surface area contributed by atoms with Gasteiger partial charge in [0, 0.05) is 0 Å². The summed E-state index contributed by atoms with van der Waals surface area (Å²) in [6.45, 7) is 8.69. The van der Waals surface area contributed by atoms with Crippen LogP contribution in [0.4, 0.5) is 0 Å². The quantitative estimate of drug-likeness (QED) is 0.533. The standard InChI is InChI=1S/C15H32O/c1-5-6-7-8-10-13(2)11-9-12-14(3)15(4)16/h13-16H,5-12H2,1-4H3/t13-,14+,15-/m0/s1. The van der Waals surface area contributed by atoms with Gasteiger partial charge in [-0.25, -0.2) is 0 Å². The summed E-state index contributed by atoms with van der Waals surface area (Å²) in [7, 11) is 0. The van der Waals surface area contributed by atoms with E-state index in [1.807, 2.05) is 6.92 Å². The zero-order chi connectivity index (χ0) is 12.4. The molecule has 0 amide bonds. The number of aliphatic hydroxyl groups is 1. The summed E-state index contributed by atoms with van der Waals surface area (Å²) < 4.78 is 0. The van der Waals surface area contributed by atoms with Gasteiger partial charge in [-0.05, 0) is 25.2 Å². The highest BCUT2D eigenvalue weighted by Gasteiger charge is 2.09. The third-order valence-electron chi connectivity index (χ3n) is 3.73. The molecule has 1 nitrogen and oxygen atoms in total. The van der Waals surface area contributed by atoms with Crippen LogP contribution in [-0.2, 0) is 0 Å². The van der Waals surface area contributed by atoms with Crippen molar-refractivity contribution in [1.29, 1.82) is 0 Å². The van der Waals surface area contributed by atoms with Gasteiger partial charge >= 0.3 is 0 Å². The van der Waals surface area contributed by atoms with E-state index in [1.54, 1.807) is 0 Å². The molecule has 0 spiro atoms.